The van der Waals surface area contributed by atoms with Gasteiger partial charge in [0.25, 0.3) is 5.91 Å². The van der Waals surface area contributed by atoms with Gasteiger partial charge in [-0.15, -0.1) is 0 Å². The van der Waals surface area contributed by atoms with Crippen LogP contribution < -0.4 is 10.6 Å². The van der Waals surface area contributed by atoms with Gasteiger partial charge in [-0.1, -0.05) is 42.0 Å². The number of ether oxygens (including phenoxy) is 1. The molecule has 1 atom stereocenters. The molecule has 0 bridgehead atoms. The predicted molar refractivity (Wildman–Crippen MR) is 133 cm³/mol. The molecule has 0 spiro atoms. The number of nitrogens with zero attached hydrogens (tertiary/aromatic N) is 1. The maximum absolute atomic E-state index is 13.7. The van der Waals surface area contributed by atoms with E-state index in [-0.39, 0.29) is 24.4 Å². The van der Waals surface area contributed by atoms with Crippen molar-refractivity contribution in [3.05, 3.63) is 64.7 Å². The third kappa shape index (κ3) is 6.59. The number of carbonyl (C=O) groups excluding carboxylic acids is 3. The molecule has 0 heterocycles. The van der Waals surface area contributed by atoms with Crippen LogP contribution >= 0.6 is 0 Å². The highest BCUT2D eigenvalue weighted by molar-refractivity contribution is 5.99. The summed E-state index contributed by atoms with van der Waals surface area (Å²) in [5, 5.41) is 5.57. The number of nitrogens with one attached hydrogen (secondary N) is 2. The highest BCUT2D eigenvalue weighted by atomic mass is 16.6. The first-order valence-corrected chi connectivity index (χ1v) is 11.7. The molecule has 1 fully saturated rings. The number of benzene rings is 2. The minimum atomic E-state index is -0.819. The Morgan fingerprint density at radius 2 is 1.71 bits per heavy atom. The normalized spacial score (nSPS) is 14.2. The zero-order valence-electron chi connectivity index (χ0n) is 20.9. The predicted octanol–water partition coefficient (Wildman–Crippen LogP) is 4.81. The lowest BCUT2D eigenvalue weighted by molar-refractivity contribution is -0.139. The fourth-order valence-electron chi connectivity index (χ4n) is 3.93. The Hall–Kier alpha value is -3.35. The molecule has 0 aromatic heterocycles. The molecule has 0 saturated heterocycles. The zero-order valence-corrected chi connectivity index (χ0v) is 20.9. The molecule has 3 rings (SSSR count). The molecule has 2 aromatic carbocycles. The average Bonchev–Trinajstić information content (AvgIpc) is 3.56. The molecule has 7 nitrogen and oxygen atoms in total. The smallest absolute Gasteiger partial charge is 0.408 e. The lowest BCUT2D eigenvalue weighted by Crippen LogP contribution is -2.47. The molecule has 0 aliphatic heterocycles. The second-order valence-corrected chi connectivity index (χ2v) is 9.95. The van der Waals surface area contributed by atoms with Crippen molar-refractivity contribution in [1.82, 2.24) is 10.2 Å². The van der Waals surface area contributed by atoms with Crippen molar-refractivity contribution in [3.8, 4) is 0 Å². The van der Waals surface area contributed by atoms with Crippen LogP contribution in [0.3, 0.4) is 0 Å². The molecular weight excluding hydrogens is 430 g/mol. The van der Waals surface area contributed by atoms with Gasteiger partial charge in [0.15, 0.2) is 0 Å². The number of carbonyl (C=O) groups is 3. The second-order valence-electron chi connectivity index (χ2n) is 9.95. The van der Waals surface area contributed by atoms with E-state index >= 15 is 0 Å². The van der Waals surface area contributed by atoms with Crippen molar-refractivity contribution in [2.45, 2.75) is 72.1 Å². The van der Waals surface area contributed by atoms with E-state index in [1.165, 1.54) is 0 Å². The Kier molecular flexibility index (Phi) is 7.64. The van der Waals surface area contributed by atoms with E-state index in [0.717, 1.165) is 35.1 Å². The van der Waals surface area contributed by atoms with E-state index in [9.17, 15) is 14.4 Å². The summed E-state index contributed by atoms with van der Waals surface area (Å²) in [6, 6.07) is 12.6. The number of rotatable bonds is 7. The number of para-hydroxylation sites is 1. The molecule has 0 radical (unpaired) electrons. The van der Waals surface area contributed by atoms with Gasteiger partial charge in [0, 0.05) is 11.7 Å². The van der Waals surface area contributed by atoms with Crippen LogP contribution in [0.2, 0.25) is 0 Å². The fourth-order valence-corrected chi connectivity index (χ4v) is 3.93. The van der Waals surface area contributed by atoms with E-state index < -0.39 is 17.7 Å². The van der Waals surface area contributed by atoms with Gasteiger partial charge in [0.05, 0.1) is 0 Å². The summed E-state index contributed by atoms with van der Waals surface area (Å²) >= 11 is 0. The molecular formula is C27H35N3O4. The maximum atomic E-state index is 13.7. The molecule has 1 unspecified atom stereocenters. The van der Waals surface area contributed by atoms with Crippen LogP contribution in [0, 0.1) is 20.8 Å². The summed E-state index contributed by atoms with van der Waals surface area (Å²) in [5.41, 5.74) is 3.76. The van der Waals surface area contributed by atoms with Crippen LogP contribution in [0.25, 0.3) is 0 Å². The van der Waals surface area contributed by atoms with Gasteiger partial charge < -0.3 is 20.3 Å². The van der Waals surface area contributed by atoms with Crippen LogP contribution in [-0.4, -0.2) is 41.0 Å². The van der Waals surface area contributed by atoms with Gasteiger partial charge >= 0.3 is 6.09 Å². The van der Waals surface area contributed by atoms with Crippen molar-refractivity contribution in [2.75, 3.05) is 11.9 Å². The van der Waals surface area contributed by atoms with Crippen molar-refractivity contribution in [1.29, 1.82) is 0 Å². The lowest BCUT2D eigenvalue weighted by atomic mass is 9.96. The Balaban J connectivity index is 1.91. The van der Waals surface area contributed by atoms with Crippen LogP contribution in [0.4, 0.5) is 10.5 Å². The number of alkyl carbamates (subject to hydrolysis) is 1. The molecule has 1 aliphatic carbocycles. The minimum Gasteiger partial charge on any atom is -0.444 e. The quantitative estimate of drug-likeness (QED) is 0.614. The first-order valence-electron chi connectivity index (χ1n) is 11.7. The largest absolute Gasteiger partial charge is 0.444 e. The summed E-state index contributed by atoms with van der Waals surface area (Å²) in [4.78, 5) is 40.8. The van der Waals surface area contributed by atoms with Crippen LogP contribution in [0.15, 0.2) is 42.5 Å². The van der Waals surface area contributed by atoms with Crippen LogP contribution in [0.1, 0.15) is 61.9 Å². The summed E-state index contributed by atoms with van der Waals surface area (Å²) in [5.74, 6) is -0.600. The summed E-state index contributed by atoms with van der Waals surface area (Å²) < 4.78 is 5.26. The van der Waals surface area contributed by atoms with E-state index in [1.54, 1.807) is 25.7 Å². The SMILES string of the molecule is Cc1ccc(C(C(=O)Nc2ccccc2C)N(C(=O)CNC(=O)OC(C)(C)C)C2CC2)c(C)c1. The molecule has 3 amide bonds. The number of amides is 3. The third-order valence-corrected chi connectivity index (χ3v) is 5.66. The summed E-state index contributed by atoms with van der Waals surface area (Å²) in [6.07, 6.45) is 0.970. The van der Waals surface area contributed by atoms with Crippen molar-refractivity contribution in [2.24, 2.45) is 0 Å². The van der Waals surface area contributed by atoms with Gasteiger partial charge in [-0.2, -0.15) is 0 Å². The van der Waals surface area contributed by atoms with E-state index in [0.29, 0.717) is 5.69 Å². The van der Waals surface area contributed by atoms with E-state index in [1.807, 2.05) is 63.2 Å². The first-order chi connectivity index (χ1) is 16.0. The topological polar surface area (TPSA) is 87.7 Å². The van der Waals surface area contributed by atoms with Gasteiger partial charge in [-0.25, -0.2) is 4.79 Å². The zero-order chi connectivity index (χ0) is 25.0. The molecule has 2 aromatic rings. The fraction of sp³-hybridized carbons (Fsp3) is 0.444. The summed E-state index contributed by atoms with van der Waals surface area (Å²) in [6.45, 7) is 10.9. The Morgan fingerprint density at radius 1 is 1.03 bits per heavy atom. The maximum Gasteiger partial charge on any atom is 0.408 e. The summed E-state index contributed by atoms with van der Waals surface area (Å²) in [7, 11) is 0. The van der Waals surface area contributed by atoms with E-state index in [2.05, 4.69) is 10.6 Å². The minimum absolute atomic E-state index is 0.0544. The van der Waals surface area contributed by atoms with Crippen molar-refractivity contribution < 1.29 is 19.1 Å². The van der Waals surface area contributed by atoms with Crippen molar-refractivity contribution in [3.63, 3.8) is 0 Å². The van der Waals surface area contributed by atoms with Gasteiger partial charge in [-0.3, -0.25) is 9.59 Å². The number of hydrogen-bond donors (Lipinski definition) is 2. The lowest BCUT2D eigenvalue weighted by Gasteiger charge is -2.33. The van der Waals surface area contributed by atoms with Crippen LogP contribution in [-0.2, 0) is 14.3 Å². The highest BCUT2D eigenvalue weighted by Gasteiger charge is 2.42. The molecule has 1 aliphatic rings. The molecule has 182 valence electrons. The number of hydrogen-bond acceptors (Lipinski definition) is 4. The Labute approximate surface area is 201 Å². The standard InChI is InChI=1S/C27H35N3O4/c1-17-11-14-21(19(3)15-17)24(25(32)29-22-10-8-7-9-18(22)2)30(20-12-13-20)23(31)16-28-26(33)34-27(4,5)6/h7-11,14-15,20,24H,12-13,16H2,1-6H3,(H,28,33)(H,29,32). The average molecular weight is 466 g/mol. The molecule has 7 heteroatoms. The molecule has 2 N–H and O–H groups in total. The van der Waals surface area contributed by atoms with Crippen LogP contribution in [0.5, 0.6) is 0 Å². The Bertz CT molecular complexity index is 1070. The van der Waals surface area contributed by atoms with E-state index in [4.69, 9.17) is 4.74 Å². The Morgan fingerprint density at radius 3 is 2.29 bits per heavy atom. The van der Waals surface area contributed by atoms with Crippen molar-refractivity contribution >= 4 is 23.6 Å². The second kappa shape index (κ2) is 10.3. The number of anilines is 1. The third-order valence-electron chi connectivity index (χ3n) is 5.66. The van der Waals surface area contributed by atoms with Gasteiger partial charge in [0.1, 0.15) is 18.2 Å². The first kappa shape index (κ1) is 25.3. The number of aryl methyl sites for hydroxylation is 3. The van der Waals surface area contributed by atoms with Gasteiger partial charge in [0.2, 0.25) is 5.91 Å². The molecule has 34 heavy (non-hydrogen) atoms. The molecule has 1 saturated carbocycles. The monoisotopic (exact) mass is 465 g/mol. The van der Waals surface area contributed by atoms with Gasteiger partial charge in [-0.05, 0) is 77.1 Å². The highest BCUT2D eigenvalue weighted by Crippen LogP contribution is 2.36.